The van der Waals surface area contributed by atoms with E-state index >= 15 is 0 Å². The summed E-state index contributed by atoms with van der Waals surface area (Å²) in [5.41, 5.74) is 0.247. The van der Waals surface area contributed by atoms with Crippen LogP contribution >= 0.6 is 15.9 Å². The van der Waals surface area contributed by atoms with Gasteiger partial charge in [-0.1, -0.05) is 29.8 Å². The first-order chi connectivity index (χ1) is 8.14. The van der Waals surface area contributed by atoms with E-state index in [4.69, 9.17) is 0 Å². The van der Waals surface area contributed by atoms with Crippen LogP contribution in [0, 0.1) is 23.2 Å². The van der Waals surface area contributed by atoms with Crippen molar-refractivity contribution in [2.45, 2.75) is 46.0 Å². The summed E-state index contributed by atoms with van der Waals surface area (Å²) in [7, 11) is 0. The monoisotopic (exact) mass is 301 g/mol. The zero-order valence-corrected chi connectivity index (χ0v) is 12.6. The fourth-order valence-corrected chi connectivity index (χ4v) is 4.08. The van der Waals surface area contributed by atoms with Crippen LogP contribution < -0.4 is 5.32 Å². The highest BCUT2D eigenvalue weighted by Crippen LogP contribution is 2.54. The second-order valence-electron chi connectivity index (χ2n) is 5.98. The lowest BCUT2D eigenvalue weighted by Crippen LogP contribution is -2.40. The molecule has 0 aromatic carbocycles. The maximum atomic E-state index is 12.1. The summed E-state index contributed by atoms with van der Waals surface area (Å²) in [6, 6.07) is 0. The number of rotatable bonds is 6. The molecule has 2 saturated carbocycles. The molecule has 0 heterocycles. The fourth-order valence-electron chi connectivity index (χ4n) is 3.08. The third kappa shape index (κ3) is 2.86. The van der Waals surface area contributed by atoms with Crippen molar-refractivity contribution in [3.63, 3.8) is 0 Å². The Morgan fingerprint density at radius 2 is 1.82 bits per heavy atom. The van der Waals surface area contributed by atoms with Gasteiger partial charge in [-0.25, -0.2) is 0 Å². The summed E-state index contributed by atoms with van der Waals surface area (Å²) in [4.78, 5) is 12.1. The SMILES string of the molecule is CCC(CC)(CBr)CNC(=O)C1CC2CC2C1. The van der Waals surface area contributed by atoms with Crippen LogP contribution in [0.4, 0.5) is 0 Å². The largest absolute Gasteiger partial charge is 0.355 e. The Labute approximate surface area is 113 Å². The van der Waals surface area contributed by atoms with Crippen molar-refractivity contribution >= 4 is 21.8 Å². The summed E-state index contributed by atoms with van der Waals surface area (Å²) in [5.74, 6) is 2.41. The first-order valence-corrected chi connectivity index (χ1v) is 8.10. The van der Waals surface area contributed by atoms with Crippen LogP contribution in [0.15, 0.2) is 0 Å². The molecule has 2 fully saturated rings. The zero-order valence-electron chi connectivity index (χ0n) is 11.0. The molecule has 0 aromatic rings. The minimum atomic E-state index is 0.247. The molecule has 2 unspecified atom stereocenters. The van der Waals surface area contributed by atoms with E-state index < -0.39 is 0 Å². The molecule has 0 saturated heterocycles. The predicted octanol–water partition coefficient (Wildman–Crippen LogP) is 3.35. The highest BCUT2D eigenvalue weighted by Gasteiger charge is 2.48. The molecular weight excluding hydrogens is 278 g/mol. The number of hydrogen-bond acceptors (Lipinski definition) is 1. The Morgan fingerprint density at radius 3 is 2.29 bits per heavy atom. The third-order valence-corrected chi connectivity index (χ3v) is 6.22. The van der Waals surface area contributed by atoms with E-state index in [0.717, 1.165) is 49.4 Å². The molecule has 0 bridgehead atoms. The zero-order chi connectivity index (χ0) is 12.5. The first-order valence-electron chi connectivity index (χ1n) is 6.97. The van der Waals surface area contributed by atoms with E-state index in [1.807, 2.05) is 0 Å². The number of hydrogen-bond donors (Lipinski definition) is 1. The summed E-state index contributed by atoms with van der Waals surface area (Å²) < 4.78 is 0. The Morgan fingerprint density at radius 1 is 1.24 bits per heavy atom. The van der Waals surface area contributed by atoms with Crippen LogP contribution in [0.2, 0.25) is 0 Å². The number of halogens is 1. The highest BCUT2D eigenvalue weighted by molar-refractivity contribution is 9.09. The van der Waals surface area contributed by atoms with Crippen molar-refractivity contribution in [1.29, 1.82) is 0 Å². The average Bonchev–Trinajstić information content (AvgIpc) is 2.98. The summed E-state index contributed by atoms with van der Waals surface area (Å²) >= 11 is 3.59. The molecule has 98 valence electrons. The third-order valence-electron chi connectivity index (χ3n) is 5.04. The number of amides is 1. The predicted molar refractivity (Wildman–Crippen MR) is 74.1 cm³/mol. The van der Waals surface area contributed by atoms with Crippen molar-refractivity contribution in [2.75, 3.05) is 11.9 Å². The molecule has 2 rings (SSSR count). The molecular formula is C14H24BrNO. The molecule has 2 atom stereocenters. The summed E-state index contributed by atoms with van der Waals surface area (Å²) in [6.45, 7) is 5.25. The normalized spacial score (nSPS) is 31.1. The first kappa shape index (κ1) is 13.4. The van der Waals surface area contributed by atoms with Gasteiger partial charge in [-0.3, -0.25) is 4.79 Å². The van der Waals surface area contributed by atoms with E-state index in [-0.39, 0.29) is 5.41 Å². The summed E-state index contributed by atoms with van der Waals surface area (Å²) in [5, 5.41) is 4.17. The number of nitrogens with one attached hydrogen (secondary N) is 1. The van der Waals surface area contributed by atoms with E-state index in [2.05, 4.69) is 35.1 Å². The average molecular weight is 302 g/mol. The van der Waals surface area contributed by atoms with E-state index in [1.165, 1.54) is 6.42 Å². The number of fused-ring (bicyclic) bond motifs is 1. The molecule has 17 heavy (non-hydrogen) atoms. The highest BCUT2D eigenvalue weighted by atomic mass is 79.9. The van der Waals surface area contributed by atoms with Gasteiger partial charge in [-0.15, -0.1) is 0 Å². The van der Waals surface area contributed by atoms with Crippen LogP contribution in [-0.2, 0) is 4.79 Å². The maximum Gasteiger partial charge on any atom is 0.223 e. The van der Waals surface area contributed by atoms with Gasteiger partial charge < -0.3 is 5.32 Å². The lowest BCUT2D eigenvalue weighted by Gasteiger charge is -2.30. The maximum absolute atomic E-state index is 12.1. The Bertz CT molecular complexity index is 270. The Balaban J connectivity index is 1.78. The minimum absolute atomic E-state index is 0.247. The fraction of sp³-hybridized carbons (Fsp3) is 0.929. The molecule has 2 nitrogen and oxygen atoms in total. The van der Waals surface area contributed by atoms with E-state index in [9.17, 15) is 4.79 Å². The van der Waals surface area contributed by atoms with Gasteiger partial charge >= 0.3 is 0 Å². The van der Waals surface area contributed by atoms with Crippen molar-refractivity contribution in [3.05, 3.63) is 0 Å². The minimum Gasteiger partial charge on any atom is -0.355 e. The van der Waals surface area contributed by atoms with Crippen molar-refractivity contribution < 1.29 is 4.79 Å². The molecule has 2 aliphatic carbocycles. The van der Waals surface area contributed by atoms with Crippen LogP contribution in [0.1, 0.15) is 46.0 Å². The molecule has 0 spiro atoms. The summed E-state index contributed by atoms with van der Waals surface area (Å²) in [6.07, 6.45) is 5.92. The molecule has 3 heteroatoms. The molecule has 0 aromatic heterocycles. The number of carbonyl (C=O) groups excluding carboxylic acids is 1. The van der Waals surface area contributed by atoms with Gasteiger partial charge in [-0.05, 0) is 49.4 Å². The van der Waals surface area contributed by atoms with Crippen LogP contribution in [0.3, 0.4) is 0 Å². The quantitative estimate of drug-likeness (QED) is 0.749. The number of carbonyl (C=O) groups is 1. The molecule has 1 amide bonds. The van der Waals surface area contributed by atoms with Gasteiger partial charge in [-0.2, -0.15) is 0 Å². The standard InChI is InChI=1S/C14H24BrNO/c1-3-14(4-2,8-15)9-16-13(17)12-6-10-5-11(10)7-12/h10-12H,3-9H2,1-2H3,(H,16,17). The van der Waals surface area contributed by atoms with Crippen LogP contribution in [-0.4, -0.2) is 17.8 Å². The van der Waals surface area contributed by atoms with Crippen LogP contribution in [0.5, 0.6) is 0 Å². The van der Waals surface area contributed by atoms with Gasteiger partial charge in [0.15, 0.2) is 0 Å². The molecule has 0 aliphatic heterocycles. The van der Waals surface area contributed by atoms with Crippen LogP contribution in [0.25, 0.3) is 0 Å². The number of alkyl halides is 1. The van der Waals surface area contributed by atoms with E-state index in [1.54, 1.807) is 0 Å². The Kier molecular flexibility index (Phi) is 4.17. The Hall–Kier alpha value is -0.0500. The van der Waals surface area contributed by atoms with Gasteiger partial charge in [0.1, 0.15) is 0 Å². The van der Waals surface area contributed by atoms with Crippen molar-refractivity contribution in [1.82, 2.24) is 5.32 Å². The van der Waals surface area contributed by atoms with Gasteiger partial charge in [0.2, 0.25) is 5.91 Å². The smallest absolute Gasteiger partial charge is 0.223 e. The lowest BCUT2D eigenvalue weighted by atomic mass is 9.84. The van der Waals surface area contributed by atoms with Crippen molar-refractivity contribution in [3.8, 4) is 0 Å². The lowest BCUT2D eigenvalue weighted by molar-refractivity contribution is -0.125. The van der Waals surface area contributed by atoms with Gasteiger partial charge in [0.05, 0.1) is 0 Å². The molecule has 1 N–H and O–H groups in total. The topological polar surface area (TPSA) is 29.1 Å². The van der Waals surface area contributed by atoms with E-state index in [0.29, 0.717) is 11.8 Å². The van der Waals surface area contributed by atoms with Gasteiger partial charge in [0, 0.05) is 17.8 Å². The second kappa shape index (κ2) is 5.29. The molecule has 2 aliphatic rings. The second-order valence-corrected chi connectivity index (χ2v) is 6.54. The van der Waals surface area contributed by atoms with Gasteiger partial charge in [0.25, 0.3) is 0 Å². The molecule has 0 radical (unpaired) electrons. The van der Waals surface area contributed by atoms with Crippen molar-refractivity contribution in [2.24, 2.45) is 23.2 Å².